The maximum absolute atomic E-state index is 12.6. The fourth-order valence-corrected chi connectivity index (χ4v) is 4.71. The van der Waals surface area contributed by atoms with Crippen LogP contribution in [0.1, 0.15) is 42.5 Å². The zero-order valence-electron chi connectivity index (χ0n) is 15.0. The monoisotopic (exact) mass is 379 g/mol. The first kappa shape index (κ1) is 18.8. The maximum Gasteiger partial charge on any atom is 0.253 e. The van der Waals surface area contributed by atoms with E-state index in [0.29, 0.717) is 24.2 Å². The third kappa shape index (κ3) is 4.24. The van der Waals surface area contributed by atoms with Gasteiger partial charge in [0.15, 0.2) is 0 Å². The molecule has 26 heavy (non-hydrogen) atoms. The minimum atomic E-state index is -3.42. The summed E-state index contributed by atoms with van der Waals surface area (Å²) in [6, 6.07) is 6.10. The van der Waals surface area contributed by atoms with Gasteiger partial charge in [-0.1, -0.05) is 6.42 Å². The Morgan fingerprint density at radius 2 is 1.62 bits per heavy atom. The highest BCUT2D eigenvalue weighted by Crippen LogP contribution is 2.22. The normalized spacial score (nSPS) is 21.6. The average molecular weight is 379 g/mol. The van der Waals surface area contributed by atoms with Crippen LogP contribution in [0.2, 0.25) is 0 Å². The Labute approximate surface area is 154 Å². The Kier molecular flexibility index (Phi) is 5.62. The summed E-state index contributed by atoms with van der Waals surface area (Å²) in [6.07, 6.45) is 5.33. The standard InChI is InChI=1S/C18H25N3O4S/c1-26(24,25)21-13-3-2-6-16(21)17(22)19-15-9-7-14(8-10-15)18(23)20-11-4-5-12-20/h7-10,16H,2-6,11-13H2,1H3,(H,19,22)/t16-/m0/s1. The van der Waals surface area contributed by atoms with Gasteiger partial charge in [-0.3, -0.25) is 9.59 Å². The molecule has 2 aliphatic heterocycles. The summed E-state index contributed by atoms with van der Waals surface area (Å²) in [5, 5.41) is 2.78. The fraction of sp³-hybridized carbons (Fsp3) is 0.556. The molecule has 1 atom stereocenters. The molecule has 0 spiro atoms. The summed E-state index contributed by atoms with van der Waals surface area (Å²) in [4.78, 5) is 26.7. The SMILES string of the molecule is CS(=O)(=O)N1CCCC[C@H]1C(=O)Nc1ccc(C(=O)N2CCCC2)cc1. The van der Waals surface area contributed by atoms with E-state index in [1.165, 1.54) is 4.31 Å². The number of hydrogen-bond acceptors (Lipinski definition) is 4. The smallest absolute Gasteiger partial charge is 0.253 e. The topological polar surface area (TPSA) is 86.8 Å². The second-order valence-electron chi connectivity index (χ2n) is 6.95. The summed E-state index contributed by atoms with van der Waals surface area (Å²) < 4.78 is 25.1. The van der Waals surface area contributed by atoms with Gasteiger partial charge in [-0.15, -0.1) is 0 Å². The van der Waals surface area contributed by atoms with E-state index in [9.17, 15) is 18.0 Å². The molecule has 2 aliphatic rings. The zero-order chi connectivity index (χ0) is 18.7. The molecule has 8 heteroatoms. The van der Waals surface area contributed by atoms with Crippen LogP contribution in [0.25, 0.3) is 0 Å². The molecule has 0 radical (unpaired) electrons. The highest BCUT2D eigenvalue weighted by Gasteiger charge is 2.34. The number of sulfonamides is 1. The highest BCUT2D eigenvalue weighted by atomic mass is 32.2. The number of likely N-dealkylation sites (tertiary alicyclic amines) is 1. The number of nitrogens with one attached hydrogen (secondary N) is 1. The first-order valence-corrected chi connectivity index (χ1v) is 10.9. The molecule has 0 unspecified atom stereocenters. The first-order chi connectivity index (χ1) is 12.4. The molecule has 2 saturated heterocycles. The summed E-state index contributed by atoms with van der Waals surface area (Å²) in [7, 11) is -3.42. The van der Waals surface area contributed by atoms with Crippen molar-refractivity contribution in [3.63, 3.8) is 0 Å². The second kappa shape index (κ2) is 7.75. The molecule has 2 amide bonds. The lowest BCUT2D eigenvalue weighted by Gasteiger charge is -2.32. The number of hydrogen-bond donors (Lipinski definition) is 1. The van der Waals surface area contributed by atoms with Gasteiger partial charge in [-0.2, -0.15) is 4.31 Å². The number of amides is 2. The molecular weight excluding hydrogens is 354 g/mol. The van der Waals surface area contributed by atoms with Gasteiger partial charge in [0.1, 0.15) is 6.04 Å². The Morgan fingerprint density at radius 1 is 1.00 bits per heavy atom. The van der Waals surface area contributed by atoms with Gasteiger partial charge >= 0.3 is 0 Å². The number of anilines is 1. The van der Waals surface area contributed by atoms with Gasteiger partial charge in [-0.05, 0) is 49.9 Å². The Hall–Kier alpha value is -1.93. The molecule has 1 aromatic carbocycles. The van der Waals surface area contributed by atoms with Crippen LogP contribution >= 0.6 is 0 Å². The van der Waals surface area contributed by atoms with Crippen LogP contribution in [-0.4, -0.2) is 61.4 Å². The molecule has 0 aromatic heterocycles. The van der Waals surface area contributed by atoms with E-state index in [1.54, 1.807) is 24.3 Å². The quantitative estimate of drug-likeness (QED) is 0.862. The number of rotatable bonds is 4. The molecule has 0 saturated carbocycles. The van der Waals surface area contributed by atoms with Crippen molar-refractivity contribution in [2.24, 2.45) is 0 Å². The van der Waals surface area contributed by atoms with Crippen molar-refractivity contribution in [2.45, 2.75) is 38.1 Å². The van der Waals surface area contributed by atoms with E-state index in [2.05, 4.69) is 5.32 Å². The summed E-state index contributed by atoms with van der Waals surface area (Å²) in [5.74, 6) is -0.315. The summed E-state index contributed by atoms with van der Waals surface area (Å²) in [5.41, 5.74) is 1.16. The molecule has 7 nitrogen and oxygen atoms in total. The van der Waals surface area contributed by atoms with Gasteiger partial charge in [-0.25, -0.2) is 8.42 Å². The number of benzene rings is 1. The molecular formula is C18H25N3O4S. The fourth-order valence-electron chi connectivity index (χ4n) is 3.59. The van der Waals surface area contributed by atoms with Gasteiger partial charge in [0, 0.05) is 30.9 Å². The van der Waals surface area contributed by atoms with Gasteiger partial charge in [0.05, 0.1) is 6.26 Å². The van der Waals surface area contributed by atoms with Crippen LogP contribution in [-0.2, 0) is 14.8 Å². The number of piperidine rings is 1. The number of carbonyl (C=O) groups excluding carboxylic acids is 2. The van der Waals surface area contributed by atoms with E-state index < -0.39 is 16.1 Å². The average Bonchev–Trinajstić information content (AvgIpc) is 3.15. The van der Waals surface area contributed by atoms with Crippen LogP contribution in [0.4, 0.5) is 5.69 Å². The predicted molar refractivity (Wildman–Crippen MR) is 99.4 cm³/mol. The second-order valence-corrected chi connectivity index (χ2v) is 8.89. The van der Waals surface area contributed by atoms with Crippen LogP contribution in [0, 0.1) is 0 Å². The molecule has 2 heterocycles. The van der Waals surface area contributed by atoms with Crippen molar-refractivity contribution in [3.8, 4) is 0 Å². The van der Waals surface area contributed by atoms with Crippen molar-refractivity contribution in [2.75, 3.05) is 31.2 Å². The van der Waals surface area contributed by atoms with Gasteiger partial charge < -0.3 is 10.2 Å². The summed E-state index contributed by atoms with van der Waals surface area (Å²) >= 11 is 0. The number of carbonyl (C=O) groups is 2. The highest BCUT2D eigenvalue weighted by molar-refractivity contribution is 7.88. The molecule has 1 aromatic rings. The van der Waals surface area contributed by atoms with E-state index in [1.807, 2.05) is 4.90 Å². The third-order valence-electron chi connectivity index (χ3n) is 4.97. The largest absolute Gasteiger partial charge is 0.339 e. The molecule has 142 valence electrons. The zero-order valence-corrected chi connectivity index (χ0v) is 15.8. The van der Waals surface area contributed by atoms with Gasteiger partial charge in [0.2, 0.25) is 15.9 Å². The molecule has 3 rings (SSSR count). The van der Waals surface area contributed by atoms with E-state index >= 15 is 0 Å². The van der Waals surface area contributed by atoms with Crippen molar-refractivity contribution in [3.05, 3.63) is 29.8 Å². The molecule has 0 bridgehead atoms. The molecule has 0 aliphatic carbocycles. The van der Waals surface area contributed by atoms with Crippen LogP contribution in [0.15, 0.2) is 24.3 Å². The van der Waals surface area contributed by atoms with Crippen molar-refractivity contribution in [1.29, 1.82) is 0 Å². The summed E-state index contributed by atoms with van der Waals surface area (Å²) in [6.45, 7) is 1.96. The minimum absolute atomic E-state index is 0.0101. The van der Waals surface area contributed by atoms with Crippen molar-refractivity contribution < 1.29 is 18.0 Å². The van der Waals surface area contributed by atoms with E-state index in [-0.39, 0.29) is 11.8 Å². The lowest BCUT2D eigenvalue weighted by molar-refractivity contribution is -0.120. The van der Waals surface area contributed by atoms with Crippen molar-refractivity contribution in [1.82, 2.24) is 9.21 Å². The molecule has 1 N–H and O–H groups in total. The molecule has 2 fully saturated rings. The van der Waals surface area contributed by atoms with Crippen LogP contribution < -0.4 is 5.32 Å². The third-order valence-corrected chi connectivity index (χ3v) is 6.26. The minimum Gasteiger partial charge on any atom is -0.339 e. The van der Waals surface area contributed by atoms with E-state index in [4.69, 9.17) is 0 Å². The lowest BCUT2D eigenvalue weighted by Crippen LogP contribution is -2.49. The van der Waals surface area contributed by atoms with Crippen molar-refractivity contribution >= 4 is 27.5 Å². The van der Waals surface area contributed by atoms with E-state index in [0.717, 1.165) is 45.0 Å². The lowest BCUT2D eigenvalue weighted by atomic mass is 10.0. The Bertz CT molecular complexity index is 770. The van der Waals surface area contributed by atoms with Gasteiger partial charge in [0.25, 0.3) is 5.91 Å². The Morgan fingerprint density at radius 3 is 2.23 bits per heavy atom. The number of nitrogens with zero attached hydrogens (tertiary/aromatic N) is 2. The first-order valence-electron chi connectivity index (χ1n) is 9.03. The maximum atomic E-state index is 12.6. The Balaban J connectivity index is 1.66. The van der Waals surface area contributed by atoms with Crippen LogP contribution in [0.5, 0.6) is 0 Å². The predicted octanol–water partition coefficient (Wildman–Crippen LogP) is 1.68. The van der Waals surface area contributed by atoms with Crippen LogP contribution in [0.3, 0.4) is 0 Å².